The minimum atomic E-state index is -1.51. The van der Waals surface area contributed by atoms with Crippen LogP contribution in [0.4, 0.5) is 0 Å². The molecular formula is C30H46O5. The molecule has 1 aliphatic heterocycles. The van der Waals surface area contributed by atoms with Crippen molar-refractivity contribution in [3.63, 3.8) is 0 Å². The van der Waals surface area contributed by atoms with Crippen molar-refractivity contribution in [2.24, 2.45) is 45.3 Å². The highest BCUT2D eigenvalue weighted by atomic mass is 16.5. The molecule has 5 rings (SSSR count). The summed E-state index contributed by atoms with van der Waals surface area (Å²) in [5.41, 5.74) is -2.16. The Morgan fingerprint density at radius 1 is 1.14 bits per heavy atom. The van der Waals surface area contributed by atoms with Crippen LogP contribution < -0.4 is 0 Å². The first-order valence-corrected chi connectivity index (χ1v) is 13.9. The van der Waals surface area contributed by atoms with Gasteiger partial charge in [-0.15, -0.1) is 0 Å². The number of allylic oxidation sites excluding steroid dienone is 1. The molecule has 1 saturated heterocycles. The minimum absolute atomic E-state index is 0.0928. The van der Waals surface area contributed by atoms with E-state index in [-0.39, 0.29) is 22.2 Å². The molecular weight excluding hydrogens is 440 g/mol. The zero-order valence-corrected chi connectivity index (χ0v) is 22.8. The molecule has 4 fully saturated rings. The van der Waals surface area contributed by atoms with Crippen molar-refractivity contribution in [3.8, 4) is 0 Å². The molecule has 5 nitrogen and oxygen atoms in total. The van der Waals surface area contributed by atoms with Gasteiger partial charge in [0.2, 0.25) is 0 Å². The fraction of sp³-hybridized carbons (Fsp3) is 0.867. The van der Waals surface area contributed by atoms with Crippen LogP contribution in [0.2, 0.25) is 0 Å². The number of Topliss-reactive ketones (excluding diaryl/α,β-unsaturated/α-hetero) is 2. The summed E-state index contributed by atoms with van der Waals surface area (Å²) in [4.78, 5) is 25.4. The highest BCUT2D eigenvalue weighted by molar-refractivity contribution is 5.90. The first kappa shape index (κ1) is 25.6. The van der Waals surface area contributed by atoms with Gasteiger partial charge < -0.3 is 14.9 Å². The summed E-state index contributed by atoms with van der Waals surface area (Å²) in [7, 11) is 0. The fourth-order valence-corrected chi connectivity index (χ4v) is 10.1. The number of ether oxygens (including phenoxy) is 1. The van der Waals surface area contributed by atoms with Gasteiger partial charge in [-0.1, -0.05) is 32.9 Å². The number of aliphatic hydroxyl groups excluding tert-OH is 1. The third-order valence-electron chi connectivity index (χ3n) is 12.4. The average molecular weight is 487 g/mol. The van der Waals surface area contributed by atoms with Crippen LogP contribution in [0, 0.1) is 45.3 Å². The molecule has 0 aromatic rings. The molecule has 2 bridgehead atoms. The van der Waals surface area contributed by atoms with Crippen LogP contribution in [-0.4, -0.2) is 45.7 Å². The first-order chi connectivity index (χ1) is 16.1. The maximum Gasteiger partial charge on any atom is 0.192 e. The van der Waals surface area contributed by atoms with Gasteiger partial charge in [0, 0.05) is 17.8 Å². The molecule has 5 heteroatoms. The van der Waals surface area contributed by atoms with Crippen LogP contribution in [-0.2, 0) is 14.3 Å². The molecule has 0 unspecified atom stereocenters. The lowest BCUT2D eigenvalue weighted by Crippen LogP contribution is -2.64. The Bertz CT molecular complexity index is 960. The lowest BCUT2D eigenvalue weighted by Gasteiger charge is -2.64. The normalized spacial score (nSPS) is 47.6. The number of carbonyl (C=O) groups excluding carboxylic acids is 2. The van der Waals surface area contributed by atoms with E-state index in [1.54, 1.807) is 0 Å². The fourth-order valence-electron chi connectivity index (χ4n) is 10.1. The van der Waals surface area contributed by atoms with E-state index in [1.807, 2.05) is 0 Å². The van der Waals surface area contributed by atoms with Gasteiger partial charge >= 0.3 is 0 Å². The number of rotatable bonds is 5. The van der Waals surface area contributed by atoms with Gasteiger partial charge in [0.25, 0.3) is 0 Å². The number of aliphatic hydroxyl groups is 2. The van der Waals surface area contributed by atoms with E-state index in [1.165, 1.54) is 13.8 Å². The van der Waals surface area contributed by atoms with E-state index in [9.17, 15) is 19.8 Å². The summed E-state index contributed by atoms with van der Waals surface area (Å²) in [5.74, 6) is 1.26. The van der Waals surface area contributed by atoms with Crippen LogP contribution in [0.25, 0.3) is 0 Å². The van der Waals surface area contributed by atoms with Crippen molar-refractivity contribution >= 4 is 11.6 Å². The molecule has 4 aliphatic carbocycles. The monoisotopic (exact) mass is 486 g/mol. The number of hydrogen-bond donors (Lipinski definition) is 2. The van der Waals surface area contributed by atoms with Gasteiger partial charge in [0.05, 0.1) is 12.0 Å². The molecule has 1 spiro atoms. The molecule has 0 aromatic heterocycles. The van der Waals surface area contributed by atoms with Gasteiger partial charge in [-0.25, -0.2) is 0 Å². The van der Waals surface area contributed by atoms with Crippen LogP contribution in [0.5, 0.6) is 0 Å². The van der Waals surface area contributed by atoms with Crippen LogP contribution in [0.15, 0.2) is 12.2 Å². The molecule has 35 heavy (non-hydrogen) atoms. The third-order valence-corrected chi connectivity index (χ3v) is 12.4. The van der Waals surface area contributed by atoms with E-state index in [0.29, 0.717) is 36.4 Å². The number of hydrogen-bond acceptors (Lipinski definition) is 5. The van der Waals surface area contributed by atoms with E-state index >= 15 is 0 Å². The predicted octanol–water partition coefficient (Wildman–Crippen LogP) is 4.88. The average Bonchev–Trinajstić information content (AvgIpc) is 3.16. The maximum absolute atomic E-state index is 12.9. The van der Waals surface area contributed by atoms with Crippen molar-refractivity contribution in [2.45, 2.75) is 111 Å². The molecule has 0 amide bonds. The zero-order valence-electron chi connectivity index (χ0n) is 22.8. The lowest BCUT2D eigenvalue weighted by atomic mass is 9.38. The minimum Gasteiger partial charge on any atom is -0.385 e. The van der Waals surface area contributed by atoms with E-state index in [2.05, 4.69) is 46.8 Å². The second-order valence-corrected chi connectivity index (χ2v) is 14.4. The molecule has 0 aromatic carbocycles. The largest absolute Gasteiger partial charge is 0.385 e. The molecule has 0 radical (unpaired) electrons. The summed E-state index contributed by atoms with van der Waals surface area (Å²) < 4.78 is 6.72. The highest BCUT2D eigenvalue weighted by Crippen LogP contribution is 2.77. The SMILES string of the molecule is C[C@H](C[C@@H](O)C(=O)C(C)(C)O)[C@H]1CC[C@@]2(C)[C@@H]3C=C[C@@]45OC[C@]3(CC[C@]12C)[C@@H]4CCC(=O)C5(C)C. The van der Waals surface area contributed by atoms with Crippen molar-refractivity contribution in [2.75, 3.05) is 6.61 Å². The van der Waals surface area contributed by atoms with E-state index in [4.69, 9.17) is 4.74 Å². The highest BCUT2D eigenvalue weighted by Gasteiger charge is 2.75. The molecule has 196 valence electrons. The quantitative estimate of drug-likeness (QED) is 0.541. The standard InChI is InChI=1S/C30H46O5/c1-18(16-20(31)24(33)26(4,5)34)19-10-12-28(7)21-11-13-30-22(8-9-23(32)25(30,2)3)29(21,17-35-30)15-14-27(19,28)6/h11,13,18-22,31,34H,8-10,12,14-17H2,1-7H3/t18-,19-,20-,21+,22+,27-,28+,29+,30-/m1/s1. The second kappa shape index (κ2) is 7.51. The number of ketones is 2. The summed E-state index contributed by atoms with van der Waals surface area (Å²) in [6, 6.07) is 0. The van der Waals surface area contributed by atoms with Crippen molar-refractivity contribution in [1.82, 2.24) is 0 Å². The Labute approximate surface area is 211 Å². The van der Waals surface area contributed by atoms with Gasteiger partial charge in [0.15, 0.2) is 5.78 Å². The zero-order chi connectivity index (χ0) is 25.8. The predicted molar refractivity (Wildman–Crippen MR) is 135 cm³/mol. The second-order valence-electron chi connectivity index (χ2n) is 14.4. The number of carbonyl (C=O) groups is 2. The molecule has 9 atom stereocenters. The molecule has 5 aliphatic rings. The lowest BCUT2D eigenvalue weighted by molar-refractivity contribution is -0.159. The summed E-state index contributed by atoms with van der Waals surface area (Å²) in [6.07, 6.45) is 10.1. The Balaban J connectivity index is 1.45. The van der Waals surface area contributed by atoms with Crippen LogP contribution >= 0.6 is 0 Å². The van der Waals surface area contributed by atoms with Crippen LogP contribution in [0.3, 0.4) is 0 Å². The smallest absolute Gasteiger partial charge is 0.192 e. The number of fused-ring (bicyclic) bond motifs is 2. The van der Waals surface area contributed by atoms with Gasteiger partial charge in [-0.05, 0) is 94.8 Å². The van der Waals surface area contributed by atoms with Gasteiger partial charge in [-0.3, -0.25) is 9.59 Å². The Morgan fingerprint density at radius 2 is 1.83 bits per heavy atom. The van der Waals surface area contributed by atoms with Crippen molar-refractivity contribution in [3.05, 3.63) is 12.2 Å². The van der Waals surface area contributed by atoms with Crippen molar-refractivity contribution < 1.29 is 24.5 Å². The maximum atomic E-state index is 12.9. The van der Waals surface area contributed by atoms with Gasteiger partial charge in [-0.2, -0.15) is 0 Å². The Hall–Kier alpha value is -1.04. The van der Waals surface area contributed by atoms with E-state index in [0.717, 1.165) is 38.7 Å². The topological polar surface area (TPSA) is 83.8 Å². The summed E-state index contributed by atoms with van der Waals surface area (Å²) >= 11 is 0. The summed E-state index contributed by atoms with van der Waals surface area (Å²) in [6.45, 7) is 15.0. The molecule has 1 heterocycles. The Morgan fingerprint density at radius 3 is 2.49 bits per heavy atom. The molecule has 2 N–H and O–H groups in total. The van der Waals surface area contributed by atoms with Gasteiger partial charge in [0.1, 0.15) is 23.1 Å². The molecule has 3 saturated carbocycles. The van der Waals surface area contributed by atoms with Crippen molar-refractivity contribution in [1.29, 1.82) is 0 Å². The summed E-state index contributed by atoms with van der Waals surface area (Å²) in [5, 5.41) is 20.7. The van der Waals surface area contributed by atoms with E-state index < -0.39 is 28.5 Å². The third kappa shape index (κ3) is 3.04. The Kier molecular flexibility index (Phi) is 5.49. The van der Waals surface area contributed by atoms with Crippen LogP contribution in [0.1, 0.15) is 93.4 Å². The first-order valence-electron chi connectivity index (χ1n) is 13.9.